The van der Waals surface area contributed by atoms with Gasteiger partial charge < -0.3 is 24.8 Å². The van der Waals surface area contributed by atoms with Crippen molar-refractivity contribution in [3.8, 4) is 0 Å². The van der Waals surface area contributed by atoms with E-state index in [4.69, 9.17) is 0 Å². The van der Waals surface area contributed by atoms with Gasteiger partial charge in [-0.2, -0.15) is 6.08 Å². The average molecular weight is 268 g/mol. The van der Waals surface area contributed by atoms with E-state index in [1.54, 1.807) is 0 Å². The first-order valence-electron chi connectivity index (χ1n) is 4.69. The SMILES string of the molecule is CCCCCCC1=[C-]CC=C1.[Cl-].[Cl-].[Ti+3]. The van der Waals surface area contributed by atoms with Crippen LogP contribution in [0.2, 0.25) is 0 Å². The monoisotopic (exact) mass is 267 g/mol. The Kier molecular flexibility index (Phi) is 19.9. The topological polar surface area (TPSA) is 0 Å². The summed E-state index contributed by atoms with van der Waals surface area (Å²) in [6.45, 7) is 2.25. The van der Waals surface area contributed by atoms with Gasteiger partial charge in [0.1, 0.15) is 0 Å². The van der Waals surface area contributed by atoms with Gasteiger partial charge in [0.05, 0.1) is 0 Å². The molecular formula is C11H17Cl2Ti. The Balaban J connectivity index is -0.000000403. The minimum atomic E-state index is 0. The van der Waals surface area contributed by atoms with Gasteiger partial charge in [-0.3, -0.25) is 6.08 Å². The maximum absolute atomic E-state index is 3.34. The summed E-state index contributed by atoms with van der Waals surface area (Å²) in [5.74, 6) is 0. The zero-order valence-corrected chi connectivity index (χ0v) is 11.7. The van der Waals surface area contributed by atoms with E-state index in [-0.39, 0.29) is 46.5 Å². The second-order valence-electron chi connectivity index (χ2n) is 3.12. The molecular weight excluding hydrogens is 251 g/mol. The molecule has 3 heteroatoms. The Morgan fingerprint density at radius 2 is 1.93 bits per heavy atom. The van der Waals surface area contributed by atoms with Crippen molar-refractivity contribution in [1.29, 1.82) is 0 Å². The summed E-state index contributed by atoms with van der Waals surface area (Å²) < 4.78 is 0. The standard InChI is InChI=1S/C11H17.2ClH.Ti/c1-2-3-4-5-8-11-9-6-7-10-11;;;/h6,9H,2-5,7-8H2,1H3;2*1H;/q-1;;;+3/p-2. The van der Waals surface area contributed by atoms with E-state index in [9.17, 15) is 0 Å². The Morgan fingerprint density at radius 3 is 2.43 bits per heavy atom. The predicted octanol–water partition coefficient (Wildman–Crippen LogP) is -2.35. The third-order valence-electron chi connectivity index (χ3n) is 2.07. The molecule has 0 aliphatic heterocycles. The van der Waals surface area contributed by atoms with Gasteiger partial charge in [0, 0.05) is 0 Å². The van der Waals surface area contributed by atoms with Crippen LogP contribution in [-0.2, 0) is 21.7 Å². The van der Waals surface area contributed by atoms with Gasteiger partial charge in [0.2, 0.25) is 0 Å². The van der Waals surface area contributed by atoms with Crippen molar-refractivity contribution in [1.82, 2.24) is 0 Å². The average Bonchev–Trinajstić information content (AvgIpc) is 2.50. The number of hydrogen-bond acceptors (Lipinski definition) is 0. The molecule has 0 bridgehead atoms. The molecule has 1 radical (unpaired) electrons. The van der Waals surface area contributed by atoms with E-state index >= 15 is 0 Å². The molecule has 0 saturated heterocycles. The molecule has 0 atom stereocenters. The Bertz CT molecular complexity index is 165. The predicted molar refractivity (Wildman–Crippen MR) is 49.3 cm³/mol. The molecule has 0 unspecified atom stereocenters. The fourth-order valence-electron chi connectivity index (χ4n) is 1.36. The fourth-order valence-corrected chi connectivity index (χ4v) is 1.36. The number of rotatable bonds is 5. The van der Waals surface area contributed by atoms with E-state index in [2.05, 4.69) is 25.2 Å². The first-order chi connectivity index (χ1) is 5.43. The smallest absolute Gasteiger partial charge is 1.00 e. The number of unbranched alkanes of at least 4 members (excludes halogenated alkanes) is 3. The van der Waals surface area contributed by atoms with Crippen LogP contribution in [0.1, 0.15) is 45.4 Å². The zero-order valence-electron chi connectivity index (χ0n) is 8.65. The summed E-state index contributed by atoms with van der Waals surface area (Å²) in [6, 6.07) is 0. The van der Waals surface area contributed by atoms with Crippen LogP contribution in [0.5, 0.6) is 0 Å². The second kappa shape index (κ2) is 13.8. The van der Waals surface area contributed by atoms with Gasteiger partial charge in [-0.25, -0.2) is 11.6 Å². The minimum Gasteiger partial charge on any atom is -1.00 e. The van der Waals surface area contributed by atoms with Gasteiger partial charge >= 0.3 is 21.7 Å². The molecule has 0 aromatic carbocycles. The summed E-state index contributed by atoms with van der Waals surface area (Å²) >= 11 is 0. The van der Waals surface area contributed by atoms with Gasteiger partial charge in [-0.15, -0.1) is 6.42 Å². The van der Waals surface area contributed by atoms with Crippen LogP contribution < -0.4 is 24.8 Å². The fraction of sp³-hybridized carbons (Fsp3) is 0.636. The molecule has 1 aliphatic carbocycles. The van der Waals surface area contributed by atoms with Crippen molar-refractivity contribution in [3.05, 3.63) is 23.8 Å². The molecule has 14 heavy (non-hydrogen) atoms. The molecule has 0 spiro atoms. The summed E-state index contributed by atoms with van der Waals surface area (Å²) in [5, 5.41) is 0. The molecule has 0 nitrogen and oxygen atoms in total. The van der Waals surface area contributed by atoms with Crippen molar-refractivity contribution in [2.45, 2.75) is 45.4 Å². The minimum absolute atomic E-state index is 0. The first kappa shape index (κ1) is 20.2. The van der Waals surface area contributed by atoms with E-state index in [0.717, 1.165) is 6.42 Å². The largest absolute Gasteiger partial charge is 3.00 e. The van der Waals surface area contributed by atoms with Gasteiger partial charge in [-0.05, 0) is 0 Å². The van der Waals surface area contributed by atoms with Crippen LogP contribution in [0.25, 0.3) is 0 Å². The second-order valence-corrected chi connectivity index (χ2v) is 3.12. The molecule has 0 heterocycles. The van der Waals surface area contributed by atoms with E-state index < -0.39 is 0 Å². The first-order valence-corrected chi connectivity index (χ1v) is 4.69. The molecule has 0 aromatic rings. The van der Waals surface area contributed by atoms with E-state index in [1.165, 1.54) is 37.7 Å². The third-order valence-corrected chi connectivity index (χ3v) is 2.07. The Hall–Kier alpha value is 0.774. The molecule has 1 aliphatic rings. The van der Waals surface area contributed by atoms with Gasteiger partial charge in [0.25, 0.3) is 0 Å². The van der Waals surface area contributed by atoms with Crippen LogP contribution in [0, 0.1) is 6.08 Å². The van der Waals surface area contributed by atoms with Crippen molar-refractivity contribution < 1.29 is 46.5 Å². The quantitative estimate of drug-likeness (QED) is 0.297. The Labute approximate surface area is 115 Å². The summed E-state index contributed by atoms with van der Waals surface area (Å²) in [4.78, 5) is 0. The molecule has 0 N–H and O–H groups in total. The number of allylic oxidation sites excluding steroid dienone is 4. The summed E-state index contributed by atoms with van der Waals surface area (Å²) in [7, 11) is 0. The molecule has 0 amide bonds. The number of hydrogen-bond donors (Lipinski definition) is 0. The van der Waals surface area contributed by atoms with Crippen LogP contribution in [-0.4, -0.2) is 0 Å². The normalized spacial score (nSPS) is 12.2. The van der Waals surface area contributed by atoms with Crippen molar-refractivity contribution in [3.63, 3.8) is 0 Å². The maximum atomic E-state index is 3.34. The molecule has 79 valence electrons. The maximum Gasteiger partial charge on any atom is 3.00 e. The zero-order chi connectivity index (χ0) is 7.94. The summed E-state index contributed by atoms with van der Waals surface area (Å²) in [6.07, 6.45) is 15.5. The van der Waals surface area contributed by atoms with Crippen LogP contribution in [0.3, 0.4) is 0 Å². The summed E-state index contributed by atoms with van der Waals surface area (Å²) in [5.41, 5.74) is 1.43. The molecule has 0 aromatic heterocycles. The number of halogens is 2. The van der Waals surface area contributed by atoms with Gasteiger partial charge in [-0.1, -0.05) is 39.0 Å². The van der Waals surface area contributed by atoms with E-state index in [0.29, 0.717) is 0 Å². The molecule has 0 saturated carbocycles. The van der Waals surface area contributed by atoms with Crippen LogP contribution in [0.4, 0.5) is 0 Å². The molecule has 1 rings (SSSR count). The van der Waals surface area contributed by atoms with Crippen molar-refractivity contribution in [2.24, 2.45) is 0 Å². The van der Waals surface area contributed by atoms with Crippen LogP contribution >= 0.6 is 0 Å². The third kappa shape index (κ3) is 9.33. The molecule has 0 fully saturated rings. The van der Waals surface area contributed by atoms with E-state index in [1.807, 2.05) is 0 Å². The van der Waals surface area contributed by atoms with Gasteiger partial charge in [0.15, 0.2) is 0 Å². The van der Waals surface area contributed by atoms with Crippen molar-refractivity contribution >= 4 is 0 Å². The van der Waals surface area contributed by atoms with Crippen LogP contribution in [0.15, 0.2) is 17.7 Å². The van der Waals surface area contributed by atoms with Crippen molar-refractivity contribution in [2.75, 3.05) is 0 Å². The Morgan fingerprint density at radius 1 is 1.21 bits per heavy atom.